The summed E-state index contributed by atoms with van der Waals surface area (Å²) in [6.07, 6.45) is 6.32. The maximum atomic E-state index is 14.2. The number of amides is 11. The Hall–Kier alpha value is -7.34. The SMILES string of the molecule is C=C1/C=C\C(OC)=C/NC(=O)C2CC(C(=O)NCCCC[C@H](NC(=O)[C@@H](NC(=O)C(C)(C)NC(=O)[C@H](CC(C)C)NC(=O)[C@H](CCCCNC(C)=O)NC(=O)[C@@H](NC(C)=O)C(C)C)C(C)C)C(=O)N[C@H](C(N)=O)C(C)C)=NN12. The average Bonchev–Trinajstić information content (AvgIpc) is 3.81. The molecule has 25 nitrogen and oxygen atoms in total. The molecule has 2 aliphatic rings. The lowest BCUT2D eigenvalue weighted by atomic mass is 9.96. The van der Waals surface area contributed by atoms with Gasteiger partial charge in [0.25, 0.3) is 5.91 Å². The summed E-state index contributed by atoms with van der Waals surface area (Å²) in [5, 5.41) is 32.6. The molecule has 25 heteroatoms. The van der Waals surface area contributed by atoms with Gasteiger partial charge in [0.15, 0.2) is 0 Å². The van der Waals surface area contributed by atoms with E-state index in [1.54, 1.807) is 53.7 Å². The summed E-state index contributed by atoms with van der Waals surface area (Å²) in [5.41, 5.74) is 4.36. The standard InChI is InChI=1S/C53H87N13O12/c1-28(2)25-38(61-46(71)36(19-15-17-23-55-33(10)67)59-50(75)42(30(5)6)58-34(11)68)48(73)64-53(12,13)52(77)63-43(31(7)8)51(76)60-37(47(72)62-41(29(3)4)44(54)69)20-16-18-24-56-45(70)39-26-40-49(74)57-27-35(78-14)22-21-32(9)66(40)65-39/h21-22,27-31,36-38,40-43H,9,15-20,23-26H2,1-8,10-14H3,(H2,54,69)(H,55,67)(H,56,70)(H,57,74)(H,58,68)(H,59,75)(H,60,76)(H,61,71)(H,62,72)(H,63,77)(H,64,73)/b22-21-,35-27+/t36-,37-,38-,40?,41-,42-,43-/m0/s1. The van der Waals surface area contributed by atoms with E-state index in [2.05, 4.69) is 64.8 Å². The largest absolute Gasteiger partial charge is 0.495 e. The van der Waals surface area contributed by atoms with Crippen molar-refractivity contribution in [1.82, 2.24) is 58.2 Å². The van der Waals surface area contributed by atoms with Gasteiger partial charge in [-0.25, -0.2) is 0 Å². The number of methoxy groups -OCH3 is 1. The number of hydrogen-bond donors (Lipinski definition) is 11. The number of allylic oxidation sites excluding steroid dienone is 2. The molecule has 0 radical (unpaired) electrons. The summed E-state index contributed by atoms with van der Waals surface area (Å²) in [4.78, 5) is 146. The Balaban J connectivity index is 2.26. The average molecular weight is 1100 g/mol. The Morgan fingerprint density at radius 2 is 1.21 bits per heavy atom. The topological polar surface area (TPSA) is 359 Å². The number of hydrogen-bond acceptors (Lipinski definition) is 14. The highest BCUT2D eigenvalue weighted by atomic mass is 16.5. The molecular weight excluding hydrogens is 1010 g/mol. The van der Waals surface area contributed by atoms with E-state index < -0.39 is 119 Å². The van der Waals surface area contributed by atoms with E-state index in [0.29, 0.717) is 37.3 Å². The number of rotatable bonds is 31. The van der Waals surface area contributed by atoms with Gasteiger partial charge >= 0.3 is 0 Å². The molecule has 0 saturated carbocycles. The third-order valence-electron chi connectivity index (χ3n) is 12.7. The van der Waals surface area contributed by atoms with Crippen LogP contribution in [0.4, 0.5) is 0 Å². The first kappa shape index (κ1) is 66.8. The van der Waals surface area contributed by atoms with Crippen molar-refractivity contribution in [3.05, 3.63) is 36.4 Å². The highest BCUT2D eigenvalue weighted by Crippen LogP contribution is 2.23. The van der Waals surface area contributed by atoms with E-state index in [1.807, 2.05) is 13.8 Å². The van der Waals surface area contributed by atoms with Gasteiger partial charge in [-0.3, -0.25) is 57.7 Å². The Morgan fingerprint density at radius 3 is 1.69 bits per heavy atom. The van der Waals surface area contributed by atoms with Gasteiger partial charge in [0.1, 0.15) is 59.3 Å². The Morgan fingerprint density at radius 1 is 0.692 bits per heavy atom. The first-order valence-electron chi connectivity index (χ1n) is 26.6. The molecule has 7 atom stereocenters. The number of fused-ring (bicyclic) bond motifs is 1. The van der Waals surface area contributed by atoms with E-state index in [1.165, 1.54) is 46.0 Å². The summed E-state index contributed by atoms with van der Waals surface area (Å²) < 4.78 is 5.21. The fourth-order valence-electron chi connectivity index (χ4n) is 8.22. The summed E-state index contributed by atoms with van der Waals surface area (Å²) >= 11 is 0. The fraction of sp³-hybridized carbons (Fsp3) is 0.660. The minimum atomic E-state index is -1.70. The molecule has 0 aromatic carbocycles. The molecule has 0 bridgehead atoms. The van der Waals surface area contributed by atoms with E-state index in [4.69, 9.17) is 10.5 Å². The number of hydrazone groups is 1. The van der Waals surface area contributed by atoms with Gasteiger partial charge in [-0.2, -0.15) is 5.10 Å². The highest BCUT2D eigenvalue weighted by Gasteiger charge is 2.39. The molecule has 2 heterocycles. The number of nitrogens with zero attached hydrogens (tertiary/aromatic N) is 2. The molecule has 2 aliphatic heterocycles. The summed E-state index contributed by atoms with van der Waals surface area (Å²) in [6, 6.07) is -7.74. The van der Waals surface area contributed by atoms with Crippen LogP contribution < -0.4 is 58.9 Å². The molecule has 0 fully saturated rings. The van der Waals surface area contributed by atoms with Crippen LogP contribution in [0.15, 0.2) is 41.5 Å². The van der Waals surface area contributed by atoms with Crippen molar-refractivity contribution >= 4 is 70.7 Å². The Bertz CT molecular complexity index is 2290. The number of carbonyl (C=O) groups excluding carboxylic acids is 11. The Kier molecular flexibility index (Phi) is 27.2. The summed E-state index contributed by atoms with van der Waals surface area (Å²) in [7, 11) is 1.45. The van der Waals surface area contributed by atoms with Crippen LogP contribution in [-0.4, -0.2) is 144 Å². The van der Waals surface area contributed by atoms with Crippen LogP contribution in [0.25, 0.3) is 0 Å². The molecule has 0 aliphatic carbocycles. The molecule has 78 heavy (non-hydrogen) atoms. The van der Waals surface area contributed by atoms with Gasteiger partial charge in [0, 0.05) is 39.6 Å². The van der Waals surface area contributed by atoms with E-state index in [9.17, 15) is 52.7 Å². The summed E-state index contributed by atoms with van der Waals surface area (Å²) in [6.45, 7) is 23.7. The number of carbonyl (C=O) groups is 11. The monoisotopic (exact) mass is 1100 g/mol. The van der Waals surface area contributed by atoms with Crippen LogP contribution in [-0.2, 0) is 57.5 Å². The minimum Gasteiger partial charge on any atom is -0.495 e. The number of nitrogens with two attached hydrogens (primary N) is 1. The van der Waals surface area contributed by atoms with Crippen molar-refractivity contribution in [3.63, 3.8) is 0 Å². The zero-order valence-electron chi connectivity index (χ0n) is 47.7. The van der Waals surface area contributed by atoms with Crippen molar-refractivity contribution in [3.8, 4) is 0 Å². The van der Waals surface area contributed by atoms with Gasteiger partial charge in [-0.15, -0.1) is 0 Å². The molecule has 0 aromatic heterocycles. The van der Waals surface area contributed by atoms with E-state index >= 15 is 0 Å². The number of ether oxygens (including phenoxy) is 1. The molecule has 2 rings (SSSR count). The molecule has 1 unspecified atom stereocenters. The minimum absolute atomic E-state index is 0.00432. The van der Waals surface area contributed by atoms with Crippen LogP contribution >= 0.6 is 0 Å². The molecule has 0 spiro atoms. The molecule has 12 N–H and O–H groups in total. The van der Waals surface area contributed by atoms with Crippen LogP contribution in [0.3, 0.4) is 0 Å². The second-order valence-electron chi connectivity index (χ2n) is 21.6. The summed E-state index contributed by atoms with van der Waals surface area (Å²) in [5.74, 6) is -7.76. The maximum Gasteiger partial charge on any atom is 0.267 e. The maximum absolute atomic E-state index is 14.2. The quantitative estimate of drug-likeness (QED) is 0.0409. The van der Waals surface area contributed by atoms with E-state index in [0.717, 1.165) is 0 Å². The lowest BCUT2D eigenvalue weighted by Gasteiger charge is -2.32. The third-order valence-corrected chi connectivity index (χ3v) is 12.7. The van der Waals surface area contributed by atoms with Crippen molar-refractivity contribution in [2.24, 2.45) is 34.5 Å². The molecular formula is C53H87N13O12. The highest BCUT2D eigenvalue weighted by molar-refractivity contribution is 6.39. The van der Waals surface area contributed by atoms with E-state index in [-0.39, 0.29) is 62.1 Å². The van der Waals surface area contributed by atoms with Gasteiger partial charge in [-0.05, 0) is 94.6 Å². The van der Waals surface area contributed by atoms with Crippen LogP contribution in [0.5, 0.6) is 0 Å². The predicted molar refractivity (Wildman–Crippen MR) is 291 cm³/mol. The zero-order valence-corrected chi connectivity index (χ0v) is 47.7. The van der Waals surface area contributed by atoms with Crippen LogP contribution in [0, 0.1) is 23.7 Å². The third kappa shape index (κ3) is 22.0. The molecule has 11 amide bonds. The van der Waals surface area contributed by atoms with Gasteiger partial charge in [0.2, 0.25) is 59.1 Å². The fourth-order valence-corrected chi connectivity index (χ4v) is 8.22. The van der Waals surface area contributed by atoms with Gasteiger partial charge in [-0.1, -0.05) is 62.0 Å². The second kappa shape index (κ2) is 31.8. The zero-order chi connectivity index (χ0) is 59.2. The first-order valence-corrected chi connectivity index (χ1v) is 26.6. The van der Waals surface area contributed by atoms with Crippen molar-refractivity contribution < 1.29 is 57.5 Å². The normalized spacial score (nSPS) is 17.8. The lowest BCUT2D eigenvalue weighted by Crippen LogP contribution is -2.64. The van der Waals surface area contributed by atoms with Crippen molar-refractivity contribution in [2.75, 3.05) is 20.2 Å². The number of unbranched alkanes of at least 4 members (excludes halogenated alkanes) is 2. The smallest absolute Gasteiger partial charge is 0.267 e. The Labute approximate surface area is 458 Å². The van der Waals surface area contributed by atoms with Crippen molar-refractivity contribution in [2.45, 2.75) is 182 Å². The molecule has 0 saturated heterocycles. The van der Waals surface area contributed by atoms with Crippen LogP contribution in [0.1, 0.15) is 134 Å². The lowest BCUT2D eigenvalue weighted by molar-refractivity contribution is -0.138. The van der Waals surface area contributed by atoms with Gasteiger partial charge in [0.05, 0.1) is 12.8 Å². The second-order valence-corrected chi connectivity index (χ2v) is 21.6. The number of primary amides is 1. The van der Waals surface area contributed by atoms with Crippen LogP contribution in [0.2, 0.25) is 0 Å². The molecule has 436 valence electrons. The van der Waals surface area contributed by atoms with Gasteiger partial charge < -0.3 is 63.6 Å². The number of nitrogens with one attached hydrogen (secondary N) is 10. The predicted octanol–water partition coefficient (Wildman–Crippen LogP) is 0.0200. The first-order chi connectivity index (χ1) is 36.4. The molecule has 0 aromatic rings. The van der Waals surface area contributed by atoms with Crippen molar-refractivity contribution in [1.29, 1.82) is 0 Å².